The summed E-state index contributed by atoms with van der Waals surface area (Å²) in [6.45, 7) is 4.15. The summed E-state index contributed by atoms with van der Waals surface area (Å²) < 4.78 is 1.88. The van der Waals surface area contributed by atoms with Crippen LogP contribution in [0.2, 0.25) is 0 Å². The van der Waals surface area contributed by atoms with Crippen LogP contribution in [0.5, 0.6) is 0 Å². The van der Waals surface area contributed by atoms with Crippen molar-refractivity contribution in [3.63, 3.8) is 0 Å². The molecule has 0 aliphatic rings. The van der Waals surface area contributed by atoms with Crippen LogP contribution in [0.3, 0.4) is 0 Å². The Morgan fingerprint density at radius 3 is 2.38 bits per heavy atom. The highest BCUT2D eigenvalue weighted by molar-refractivity contribution is 5.61. The van der Waals surface area contributed by atoms with Gasteiger partial charge in [-0.25, -0.2) is 14.6 Å². The van der Waals surface area contributed by atoms with Crippen LogP contribution >= 0.6 is 0 Å². The first-order chi connectivity index (χ1) is 12.7. The van der Waals surface area contributed by atoms with Gasteiger partial charge in [0.25, 0.3) is 0 Å². The molecule has 0 saturated carbocycles. The minimum atomic E-state index is 0.563. The number of para-hydroxylation sites is 1. The molecule has 0 aliphatic carbocycles. The molecule has 0 radical (unpaired) electrons. The van der Waals surface area contributed by atoms with Gasteiger partial charge in [-0.2, -0.15) is 5.10 Å². The van der Waals surface area contributed by atoms with Gasteiger partial charge in [-0.1, -0.05) is 24.3 Å². The fourth-order valence-electron chi connectivity index (χ4n) is 3.01. The summed E-state index contributed by atoms with van der Waals surface area (Å²) in [6.07, 6.45) is 3.54. The van der Waals surface area contributed by atoms with Gasteiger partial charge in [-0.15, -0.1) is 0 Å². The summed E-state index contributed by atoms with van der Waals surface area (Å²) in [5.74, 6) is 0.563. The molecule has 0 aliphatic heterocycles. The van der Waals surface area contributed by atoms with Crippen LogP contribution in [0.1, 0.15) is 11.1 Å². The predicted octanol–water partition coefficient (Wildman–Crippen LogP) is 4.69. The quantitative estimate of drug-likeness (QED) is 0.585. The van der Waals surface area contributed by atoms with Crippen molar-refractivity contribution < 1.29 is 0 Å². The largest absolute Gasteiger partial charge is 0.324 e. The van der Waals surface area contributed by atoms with Gasteiger partial charge in [0.15, 0.2) is 0 Å². The lowest BCUT2D eigenvalue weighted by Gasteiger charge is -2.10. The summed E-state index contributed by atoms with van der Waals surface area (Å²) >= 11 is 0. The maximum Gasteiger partial charge on any atom is 0.227 e. The number of rotatable bonds is 4. The molecular weight excluding hydrogens is 322 g/mol. The molecule has 2 heterocycles. The Kier molecular flexibility index (Phi) is 4.19. The zero-order valence-electron chi connectivity index (χ0n) is 14.7. The van der Waals surface area contributed by atoms with Gasteiger partial charge in [0.1, 0.15) is 0 Å². The maximum atomic E-state index is 4.67. The van der Waals surface area contributed by atoms with Crippen molar-refractivity contribution in [2.45, 2.75) is 13.8 Å². The van der Waals surface area contributed by atoms with Crippen LogP contribution in [-0.4, -0.2) is 19.7 Å². The Hall–Kier alpha value is -3.47. The van der Waals surface area contributed by atoms with E-state index < -0.39 is 0 Å². The highest BCUT2D eigenvalue weighted by Crippen LogP contribution is 2.23. The molecule has 0 saturated heterocycles. The fourth-order valence-corrected chi connectivity index (χ4v) is 3.01. The van der Waals surface area contributed by atoms with Crippen molar-refractivity contribution in [2.24, 2.45) is 0 Å². The third-order valence-electron chi connectivity index (χ3n) is 4.04. The van der Waals surface area contributed by atoms with Gasteiger partial charge in [-0.05, 0) is 61.4 Å². The second-order valence-electron chi connectivity index (χ2n) is 6.23. The van der Waals surface area contributed by atoms with Gasteiger partial charge in [0, 0.05) is 11.9 Å². The average Bonchev–Trinajstić information content (AvgIpc) is 3.12. The maximum absolute atomic E-state index is 4.67. The van der Waals surface area contributed by atoms with Gasteiger partial charge in [0.2, 0.25) is 5.95 Å². The van der Waals surface area contributed by atoms with Gasteiger partial charge >= 0.3 is 0 Å². The van der Waals surface area contributed by atoms with E-state index >= 15 is 0 Å². The number of nitrogens with zero attached hydrogens (tertiary/aromatic N) is 4. The highest BCUT2D eigenvalue weighted by Gasteiger charge is 2.10. The van der Waals surface area contributed by atoms with Crippen molar-refractivity contribution in [3.05, 3.63) is 84.2 Å². The average molecular weight is 341 g/mol. The Morgan fingerprint density at radius 1 is 0.846 bits per heavy atom. The standard InChI is InChI=1S/C21H19N5/c1-15-12-16(2)14-17(13-15)24-21-22-10-8-19(25-21)20-9-11-23-26(20)18-6-4-3-5-7-18/h3-14H,1-2H3,(H,22,24,25). The van der Waals surface area contributed by atoms with E-state index in [1.165, 1.54) is 11.1 Å². The second kappa shape index (κ2) is 6.80. The summed E-state index contributed by atoms with van der Waals surface area (Å²) in [6, 6.07) is 20.2. The summed E-state index contributed by atoms with van der Waals surface area (Å²) in [5.41, 5.74) is 6.11. The number of hydrogen-bond donors (Lipinski definition) is 1. The molecule has 4 aromatic rings. The van der Waals surface area contributed by atoms with E-state index in [4.69, 9.17) is 0 Å². The highest BCUT2D eigenvalue weighted by atomic mass is 15.3. The van der Waals surface area contributed by atoms with Crippen LogP contribution in [0.25, 0.3) is 17.1 Å². The number of aromatic nitrogens is 4. The Balaban J connectivity index is 1.68. The molecule has 0 amide bonds. The topological polar surface area (TPSA) is 55.6 Å². The monoisotopic (exact) mass is 341 g/mol. The zero-order valence-corrected chi connectivity index (χ0v) is 14.7. The third-order valence-corrected chi connectivity index (χ3v) is 4.04. The smallest absolute Gasteiger partial charge is 0.227 e. The van der Waals surface area contributed by atoms with Gasteiger partial charge in [-0.3, -0.25) is 0 Å². The second-order valence-corrected chi connectivity index (χ2v) is 6.23. The van der Waals surface area contributed by atoms with Crippen molar-refractivity contribution in [2.75, 3.05) is 5.32 Å². The molecule has 0 atom stereocenters. The minimum Gasteiger partial charge on any atom is -0.324 e. The molecule has 128 valence electrons. The van der Waals surface area contributed by atoms with Gasteiger partial charge in [0.05, 0.1) is 23.3 Å². The minimum absolute atomic E-state index is 0.563. The van der Waals surface area contributed by atoms with E-state index in [0.29, 0.717) is 5.95 Å². The molecular formula is C21H19N5. The first kappa shape index (κ1) is 16.0. The molecule has 0 bridgehead atoms. The van der Waals surface area contributed by atoms with Crippen LogP contribution < -0.4 is 5.32 Å². The van der Waals surface area contributed by atoms with Gasteiger partial charge < -0.3 is 5.32 Å². The zero-order chi connectivity index (χ0) is 17.9. The summed E-state index contributed by atoms with van der Waals surface area (Å²) in [7, 11) is 0. The molecule has 0 fully saturated rings. The van der Waals surface area contributed by atoms with E-state index in [0.717, 1.165) is 22.8 Å². The predicted molar refractivity (Wildman–Crippen MR) is 104 cm³/mol. The normalized spacial score (nSPS) is 10.7. The van der Waals surface area contributed by atoms with E-state index in [1.807, 2.05) is 47.1 Å². The van der Waals surface area contributed by atoms with Crippen LogP contribution in [0, 0.1) is 13.8 Å². The fraction of sp³-hybridized carbons (Fsp3) is 0.0952. The molecule has 2 aromatic heterocycles. The number of aryl methyl sites for hydroxylation is 2. The van der Waals surface area contributed by atoms with E-state index in [1.54, 1.807) is 12.4 Å². The van der Waals surface area contributed by atoms with E-state index in [-0.39, 0.29) is 0 Å². The molecule has 0 spiro atoms. The molecule has 2 aromatic carbocycles. The van der Waals surface area contributed by atoms with Crippen molar-refractivity contribution >= 4 is 11.6 Å². The lowest BCUT2D eigenvalue weighted by Crippen LogP contribution is -2.02. The van der Waals surface area contributed by atoms with Crippen LogP contribution in [0.15, 0.2) is 73.1 Å². The van der Waals surface area contributed by atoms with Crippen molar-refractivity contribution in [3.8, 4) is 17.1 Å². The number of nitrogens with one attached hydrogen (secondary N) is 1. The molecule has 0 unspecified atom stereocenters. The first-order valence-electron chi connectivity index (χ1n) is 8.47. The molecule has 5 heteroatoms. The van der Waals surface area contributed by atoms with Crippen LogP contribution in [-0.2, 0) is 0 Å². The first-order valence-corrected chi connectivity index (χ1v) is 8.47. The third kappa shape index (κ3) is 3.32. The van der Waals surface area contributed by atoms with Crippen molar-refractivity contribution in [1.29, 1.82) is 0 Å². The SMILES string of the molecule is Cc1cc(C)cc(Nc2nccc(-c3ccnn3-c3ccccc3)n2)c1. The molecule has 5 nitrogen and oxygen atoms in total. The van der Waals surface area contributed by atoms with Crippen molar-refractivity contribution in [1.82, 2.24) is 19.7 Å². The number of anilines is 2. The summed E-state index contributed by atoms with van der Waals surface area (Å²) in [5, 5.41) is 7.73. The number of hydrogen-bond acceptors (Lipinski definition) is 4. The summed E-state index contributed by atoms with van der Waals surface area (Å²) in [4.78, 5) is 9.03. The lowest BCUT2D eigenvalue weighted by atomic mass is 10.1. The van der Waals surface area contributed by atoms with Crippen LogP contribution in [0.4, 0.5) is 11.6 Å². The number of benzene rings is 2. The molecule has 4 rings (SSSR count). The molecule has 26 heavy (non-hydrogen) atoms. The lowest BCUT2D eigenvalue weighted by molar-refractivity contribution is 0.883. The Morgan fingerprint density at radius 2 is 1.62 bits per heavy atom. The Bertz CT molecular complexity index is 1020. The van der Waals surface area contributed by atoms with E-state index in [2.05, 4.69) is 52.4 Å². The Labute approximate surface area is 152 Å². The van der Waals surface area contributed by atoms with E-state index in [9.17, 15) is 0 Å². The molecule has 1 N–H and O–H groups in total.